The van der Waals surface area contributed by atoms with E-state index < -0.39 is 21.4 Å². The lowest BCUT2D eigenvalue weighted by atomic mass is 10.0. The molecule has 0 amide bonds. The minimum atomic E-state index is -3.25. The van der Waals surface area contributed by atoms with Crippen molar-refractivity contribution in [2.45, 2.75) is 0 Å². The summed E-state index contributed by atoms with van der Waals surface area (Å²) in [6.45, 7) is 0. The first kappa shape index (κ1) is 69.5. The summed E-state index contributed by atoms with van der Waals surface area (Å²) in [5, 5.41) is 24.4. The van der Waals surface area contributed by atoms with E-state index >= 15 is 13.7 Å². The summed E-state index contributed by atoms with van der Waals surface area (Å²) in [7, 11) is -9.51. The lowest BCUT2D eigenvalue weighted by Crippen LogP contribution is -2.26. The lowest BCUT2D eigenvalue weighted by Gasteiger charge is -2.23. The first-order chi connectivity index (χ1) is 57.7. The molecular weight excluding hydrogens is 1490 g/mol. The van der Waals surface area contributed by atoms with E-state index in [1.807, 2.05) is 218 Å². The van der Waals surface area contributed by atoms with Gasteiger partial charge in [0.2, 0.25) is 0 Å². The lowest BCUT2D eigenvalue weighted by molar-refractivity contribution is 0.591. The van der Waals surface area contributed by atoms with Crippen LogP contribution in [0.1, 0.15) is 0 Å². The van der Waals surface area contributed by atoms with Crippen LogP contribution in [0.5, 0.6) is 0 Å². The second-order valence-corrected chi connectivity index (χ2v) is 38.2. The van der Waals surface area contributed by atoms with Crippen molar-refractivity contribution in [3.8, 4) is 0 Å². The van der Waals surface area contributed by atoms with E-state index in [9.17, 15) is 0 Å². The Balaban J connectivity index is 0.000000106. The molecular formula is C105H69N6O3P3. The first-order valence-electron chi connectivity index (χ1n) is 39.3. The third-order valence-corrected chi connectivity index (χ3v) is 32.6. The van der Waals surface area contributed by atoms with Gasteiger partial charge in [-0.25, -0.2) is 15.0 Å². The van der Waals surface area contributed by atoms with Gasteiger partial charge in [0.15, 0.2) is 21.4 Å². The van der Waals surface area contributed by atoms with Gasteiger partial charge in [-0.1, -0.05) is 315 Å². The maximum Gasteiger partial charge on any atom is 0.173 e. The summed E-state index contributed by atoms with van der Waals surface area (Å²) < 4.78 is 52.8. The highest BCUT2D eigenvalue weighted by Gasteiger charge is 2.35. The molecule has 0 aliphatic carbocycles. The number of rotatable bonds is 9. The topological polar surface area (TPSA) is 103 Å². The Morgan fingerprint density at radius 2 is 0.479 bits per heavy atom. The molecule has 6 aromatic heterocycles. The summed E-state index contributed by atoms with van der Waals surface area (Å²) in [6, 6.07) is 142. The Morgan fingerprint density at radius 3 is 0.880 bits per heavy atom. The monoisotopic (exact) mass is 1550 g/mol. The van der Waals surface area contributed by atoms with Gasteiger partial charge in [0, 0.05) is 80.1 Å². The zero-order chi connectivity index (χ0) is 77.9. The minimum Gasteiger partial charge on any atom is -0.309 e. The maximum atomic E-state index is 15.6. The molecule has 0 saturated carbocycles. The fraction of sp³-hybridized carbons (Fsp3) is 0. The van der Waals surface area contributed by atoms with E-state index in [2.05, 4.69) is 213 Å². The van der Waals surface area contributed by atoms with Crippen LogP contribution in [-0.4, -0.2) is 28.2 Å². The normalized spacial score (nSPS) is 12.2. The van der Waals surface area contributed by atoms with Crippen molar-refractivity contribution in [1.82, 2.24) is 28.2 Å². The Kier molecular flexibility index (Phi) is 16.6. The van der Waals surface area contributed by atoms with E-state index in [-0.39, 0.29) is 0 Å². The van der Waals surface area contributed by atoms with Gasteiger partial charge in [-0.2, -0.15) is 0 Å². The number of hydrogen-bond acceptors (Lipinski definition) is 6. The molecule has 0 bridgehead atoms. The summed E-state index contributed by atoms with van der Waals surface area (Å²) in [5.74, 6) is 0. The van der Waals surface area contributed by atoms with E-state index in [0.717, 1.165) is 163 Å². The van der Waals surface area contributed by atoms with Crippen LogP contribution >= 0.6 is 21.4 Å². The van der Waals surface area contributed by atoms with Gasteiger partial charge >= 0.3 is 0 Å². The Bertz CT molecular complexity index is 8100. The number of fused-ring (bicyclic) bond motifs is 27. The van der Waals surface area contributed by atoms with Crippen LogP contribution in [-0.2, 0) is 13.7 Å². The van der Waals surface area contributed by atoms with Crippen LogP contribution in [0.4, 0.5) is 0 Å². The molecule has 24 rings (SSSR count). The number of benzene rings is 18. The van der Waals surface area contributed by atoms with Gasteiger partial charge in [-0.05, 0) is 152 Å². The molecule has 18 aromatic carbocycles. The fourth-order valence-corrected chi connectivity index (χ4v) is 26.1. The van der Waals surface area contributed by atoms with Crippen molar-refractivity contribution in [3.05, 3.63) is 419 Å². The van der Waals surface area contributed by atoms with Gasteiger partial charge in [0.25, 0.3) is 0 Å². The second kappa shape index (κ2) is 27.8. The van der Waals surface area contributed by atoms with Gasteiger partial charge in [-0.15, -0.1) is 0 Å². The molecule has 0 radical (unpaired) electrons. The van der Waals surface area contributed by atoms with E-state index in [1.54, 1.807) is 0 Å². The predicted molar refractivity (Wildman–Crippen MR) is 494 cm³/mol. The Labute approximate surface area is 672 Å². The Morgan fingerprint density at radius 1 is 0.179 bits per heavy atom. The molecule has 0 fully saturated rings. The molecule has 0 saturated heterocycles. The average Bonchev–Trinajstić information content (AvgIpc) is 1.67. The molecule has 24 aromatic rings. The standard InChI is InChI=1S/3C35H23N2OP/c38-39(26-14-3-1-4-15-26,27-16-5-2-6-17-27)33-21-11-18-28-29-22-24-12-7-8-13-25(24)23-30(29)35-36-31-19-9-10-20-32(31)37(35)34(28)33;38-39(26-13-3-1-4-14-26,27-15-5-2-6-16-27)28-19-20-33-30(23-28)29-21-24-11-7-8-12-25(24)22-31(29)35-36-32-17-9-10-18-34(32)37(33)35;38-39(26-13-3-1-4-14-26,27-15-5-2-6-16-27)28-19-20-29-30-21-24-11-7-8-12-25(24)22-31(30)35-36-32-17-9-10-18-33(32)37(35)34(29)23-28/h3*1-23H. The molecule has 0 N–H and O–H groups in total. The van der Waals surface area contributed by atoms with Gasteiger partial charge < -0.3 is 13.7 Å². The highest BCUT2D eigenvalue weighted by atomic mass is 31.2. The molecule has 552 valence electrons. The zero-order valence-electron chi connectivity index (χ0n) is 63.1. The summed E-state index contributed by atoms with van der Waals surface area (Å²) >= 11 is 0. The van der Waals surface area contributed by atoms with Crippen LogP contribution in [0.2, 0.25) is 0 Å². The molecule has 6 heterocycles. The molecule has 0 aliphatic heterocycles. The van der Waals surface area contributed by atoms with Gasteiger partial charge in [-0.3, -0.25) is 13.2 Å². The largest absolute Gasteiger partial charge is 0.309 e. The molecule has 0 atom stereocenters. The van der Waals surface area contributed by atoms with Crippen LogP contribution in [0.25, 0.3) is 147 Å². The predicted octanol–water partition coefficient (Wildman–Crippen LogP) is 22.8. The third-order valence-electron chi connectivity index (χ3n) is 23.4. The maximum absolute atomic E-state index is 15.6. The molecule has 117 heavy (non-hydrogen) atoms. The second-order valence-electron chi connectivity index (χ2n) is 29.9. The van der Waals surface area contributed by atoms with E-state index in [4.69, 9.17) is 15.0 Å². The quantitative estimate of drug-likeness (QED) is 0.0810. The molecule has 0 spiro atoms. The van der Waals surface area contributed by atoms with E-state index in [0.29, 0.717) is 0 Å². The van der Waals surface area contributed by atoms with Crippen molar-refractivity contribution >= 4 is 217 Å². The van der Waals surface area contributed by atoms with E-state index in [1.165, 1.54) is 32.3 Å². The number of hydrogen-bond donors (Lipinski definition) is 0. The summed E-state index contributed by atoms with van der Waals surface area (Å²) in [6.07, 6.45) is 0. The van der Waals surface area contributed by atoms with Crippen molar-refractivity contribution in [1.29, 1.82) is 0 Å². The van der Waals surface area contributed by atoms with Crippen LogP contribution in [0.3, 0.4) is 0 Å². The highest BCUT2D eigenvalue weighted by Crippen LogP contribution is 2.49. The molecule has 0 unspecified atom stereocenters. The zero-order valence-corrected chi connectivity index (χ0v) is 65.8. The van der Waals surface area contributed by atoms with Gasteiger partial charge in [0.05, 0.1) is 49.7 Å². The van der Waals surface area contributed by atoms with Crippen molar-refractivity contribution in [2.24, 2.45) is 0 Å². The highest BCUT2D eigenvalue weighted by molar-refractivity contribution is 7.86. The van der Waals surface area contributed by atoms with Crippen molar-refractivity contribution in [3.63, 3.8) is 0 Å². The van der Waals surface area contributed by atoms with Crippen molar-refractivity contribution in [2.75, 3.05) is 0 Å². The molecule has 9 nitrogen and oxygen atoms in total. The third kappa shape index (κ3) is 11.1. The summed E-state index contributed by atoms with van der Waals surface area (Å²) in [5.41, 5.74) is 11.7. The molecule has 12 heteroatoms. The number of imidazole rings is 3. The number of para-hydroxylation sites is 7. The summed E-state index contributed by atoms with van der Waals surface area (Å²) in [4.78, 5) is 15.3. The van der Waals surface area contributed by atoms with Gasteiger partial charge in [0.1, 0.15) is 16.9 Å². The number of nitrogens with zero attached hydrogens (tertiary/aromatic N) is 6. The van der Waals surface area contributed by atoms with Crippen molar-refractivity contribution < 1.29 is 13.7 Å². The number of aromatic nitrogens is 6. The average molecular weight is 1560 g/mol. The first-order valence-corrected chi connectivity index (χ1v) is 44.4. The SMILES string of the molecule is O=P(c1ccccc1)(c1ccccc1)c1ccc2c(c1)c1cc3ccccc3cc1c1nc3ccccc3n21.O=P(c1ccccc1)(c1ccccc1)c1ccc2c3cc4ccccc4cc3c3nc4ccccc4n3c2c1.O=P(c1ccccc1)(c1ccccc1)c1cccc2c3cc4ccccc4cc3c3nc4ccccc4n3c12. The van der Waals surface area contributed by atoms with Crippen LogP contribution < -0.4 is 47.7 Å². The smallest absolute Gasteiger partial charge is 0.173 e. The minimum absolute atomic E-state index is 0.812. The fourth-order valence-electron chi connectivity index (χ4n) is 17.9. The van der Waals surface area contributed by atoms with Crippen LogP contribution in [0, 0.1) is 0 Å². The Hall–Kier alpha value is -14.2. The molecule has 0 aliphatic rings. The van der Waals surface area contributed by atoms with Crippen LogP contribution in [0.15, 0.2) is 419 Å². The number of pyridine rings is 3.